The molecule has 7 heteroatoms. The molecule has 2 N–H and O–H groups in total. The minimum absolute atomic E-state index is 0.264. The van der Waals surface area contributed by atoms with Gasteiger partial charge in [0.25, 0.3) is 11.8 Å². The van der Waals surface area contributed by atoms with Crippen molar-refractivity contribution in [1.29, 1.82) is 0 Å². The van der Waals surface area contributed by atoms with Crippen LogP contribution in [0, 0.1) is 0 Å². The Morgan fingerprint density at radius 3 is 2.43 bits per heavy atom. The van der Waals surface area contributed by atoms with Crippen molar-refractivity contribution in [2.75, 3.05) is 26.1 Å². The maximum Gasteiger partial charge on any atom is 0.265 e. The van der Waals surface area contributed by atoms with E-state index in [4.69, 9.17) is 14.2 Å². The fourth-order valence-corrected chi connectivity index (χ4v) is 4.52. The maximum absolute atomic E-state index is 12.9. The Morgan fingerprint density at radius 1 is 0.892 bits per heavy atom. The number of fused-ring (bicyclic) bond motifs is 1. The molecule has 0 heterocycles. The molecule has 37 heavy (non-hydrogen) atoms. The summed E-state index contributed by atoms with van der Waals surface area (Å²) in [5.74, 6) is 1.41. The van der Waals surface area contributed by atoms with Crippen LogP contribution in [0.1, 0.15) is 46.8 Å². The predicted octanol–water partition coefficient (Wildman–Crippen LogP) is 4.96. The van der Waals surface area contributed by atoms with E-state index in [0.717, 1.165) is 18.4 Å². The van der Waals surface area contributed by atoms with E-state index in [-0.39, 0.29) is 11.8 Å². The number of amides is 2. The number of carbonyl (C=O) groups is 2. The smallest absolute Gasteiger partial charge is 0.265 e. The van der Waals surface area contributed by atoms with Crippen LogP contribution >= 0.6 is 0 Å². The molecule has 0 aliphatic heterocycles. The monoisotopic (exact) mass is 502 g/mol. The standard InChI is InChI=1S/C30H34N2O5/c1-20(37-24-14-13-22-8-4-5-9-23(22)19-24)29(33)32-26-11-7-6-10-25(26)30(34)31-17-16-21-12-15-27(35-2)28(18-21)36-3/h6-7,10-15,18-20H,4-5,8-9,16-17H2,1-3H3,(H,31,34)(H,32,33)/t20-/m0/s1. The van der Waals surface area contributed by atoms with Gasteiger partial charge >= 0.3 is 0 Å². The topological polar surface area (TPSA) is 85.9 Å². The number of carbonyl (C=O) groups excluding carboxylic acids is 2. The molecule has 4 rings (SSSR count). The van der Waals surface area contributed by atoms with E-state index in [1.807, 2.05) is 30.3 Å². The van der Waals surface area contributed by atoms with Crippen molar-refractivity contribution in [2.45, 2.75) is 45.1 Å². The maximum atomic E-state index is 12.9. The van der Waals surface area contributed by atoms with Crippen molar-refractivity contribution >= 4 is 17.5 Å². The molecular weight excluding hydrogens is 468 g/mol. The molecule has 0 radical (unpaired) electrons. The van der Waals surface area contributed by atoms with Crippen LogP contribution in [-0.4, -0.2) is 38.7 Å². The van der Waals surface area contributed by atoms with Crippen LogP contribution in [0.5, 0.6) is 17.2 Å². The third-order valence-electron chi connectivity index (χ3n) is 6.58. The van der Waals surface area contributed by atoms with Crippen LogP contribution in [0.15, 0.2) is 60.7 Å². The first-order chi connectivity index (χ1) is 18.0. The molecule has 1 aliphatic rings. The van der Waals surface area contributed by atoms with Crippen LogP contribution in [-0.2, 0) is 24.1 Å². The zero-order valence-electron chi connectivity index (χ0n) is 21.6. The summed E-state index contributed by atoms with van der Waals surface area (Å²) in [7, 11) is 3.18. The lowest BCUT2D eigenvalue weighted by Crippen LogP contribution is -2.32. The van der Waals surface area contributed by atoms with Gasteiger partial charge in [-0.2, -0.15) is 0 Å². The highest BCUT2D eigenvalue weighted by Gasteiger charge is 2.19. The second-order valence-electron chi connectivity index (χ2n) is 9.13. The van der Waals surface area contributed by atoms with E-state index in [2.05, 4.69) is 16.7 Å². The Balaban J connectivity index is 1.34. The van der Waals surface area contributed by atoms with Crippen LogP contribution in [0.4, 0.5) is 5.69 Å². The Morgan fingerprint density at radius 2 is 1.65 bits per heavy atom. The molecule has 0 aromatic heterocycles. The summed E-state index contributed by atoms with van der Waals surface area (Å²) in [6, 6.07) is 18.7. The van der Waals surface area contributed by atoms with Gasteiger partial charge in [-0.25, -0.2) is 0 Å². The van der Waals surface area contributed by atoms with Gasteiger partial charge in [0, 0.05) is 6.54 Å². The summed E-state index contributed by atoms with van der Waals surface area (Å²) < 4.78 is 16.5. The molecule has 0 spiro atoms. The van der Waals surface area contributed by atoms with E-state index in [1.54, 1.807) is 45.4 Å². The molecule has 3 aromatic carbocycles. The van der Waals surface area contributed by atoms with E-state index >= 15 is 0 Å². The molecule has 1 aliphatic carbocycles. The van der Waals surface area contributed by atoms with E-state index in [9.17, 15) is 9.59 Å². The Hall–Kier alpha value is -4.00. The minimum atomic E-state index is -0.720. The Kier molecular flexibility index (Phi) is 8.67. The number of nitrogens with one attached hydrogen (secondary N) is 2. The first-order valence-electron chi connectivity index (χ1n) is 12.7. The number of aryl methyl sites for hydroxylation is 2. The van der Waals surface area contributed by atoms with Crippen LogP contribution in [0.25, 0.3) is 0 Å². The fraction of sp³-hybridized carbons (Fsp3) is 0.333. The molecule has 0 bridgehead atoms. The van der Waals surface area contributed by atoms with Crippen molar-refractivity contribution in [3.8, 4) is 17.2 Å². The predicted molar refractivity (Wildman–Crippen MR) is 144 cm³/mol. The van der Waals surface area contributed by atoms with E-state index in [1.165, 1.54) is 24.0 Å². The molecule has 7 nitrogen and oxygen atoms in total. The number of anilines is 1. The summed E-state index contributed by atoms with van der Waals surface area (Å²) in [5.41, 5.74) is 4.50. The molecule has 0 fully saturated rings. The molecule has 1 atom stereocenters. The number of methoxy groups -OCH3 is 2. The van der Waals surface area contributed by atoms with Crippen molar-refractivity contribution in [3.05, 3.63) is 82.9 Å². The number of benzene rings is 3. The van der Waals surface area contributed by atoms with Crippen molar-refractivity contribution in [1.82, 2.24) is 5.32 Å². The Labute approximate surface area is 218 Å². The summed E-state index contributed by atoms with van der Waals surface area (Å²) in [6.07, 6.45) is 4.43. The lowest BCUT2D eigenvalue weighted by Gasteiger charge is -2.19. The summed E-state index contributed by atoms with van der Waals surface area (Å²) in [5, 5.41) is 5.79. The lowest BCUT2D eigenvalue weighted by molar-refractivity contribution is -0.122. The van der Waals surface area contributed by atoms with Crippen molar-refractivity contribution in [2.24, 2.45) is 0 Å². The average molecular weight is 503 g/mol. The van der Waals surface area contributed by atoms with Gasteiger partial charge in [0.05, 0.1) is 25.5 Å². The minimum Gasteiger partial charge on any atom is -0.493 e. The van der Waals surface area contributed by atoms with Gasteiger partial charge in [0.2, 0.25) is 0 Å². The molecule has 194 valence electrons. The first-order valence-corrected chi connectivity index (χ1v) is 12.7. The van der Waals surface area contributed by atoms with Gasteiger partial charge in [-0.1, -0.05) is 24.3 Å². The zero-order valence-corrected chi connectivity index (χ0v) is 21.6. The highest BCUT2D eigenvalue weighted by Crippen LogP contribution is 2.28. The van der Waals surface area contributed by atoms with Crippen molar-refractivity contribution in [3.63, 3.8) is 0 Å². The third-order valence-corrected chi connectivity index (χ3v) is 6.58. The number of hydrogen-bond donors (Lipinski definition) is 2. The van der Waals surface area contributed by atoms with Crippen LogP contribution in [0.3, 0.4) is 0 Å². The van der Waals surface area contributed by atoms with Gasteiger partial charge in [-0.3, -0.25) is 9.59 Å². The quantitative estimate of drug-likeness (QED) is 0.409. The summed E-state index contributed by atoms with van der Waals surface area (Å²) >= 11 is 0. The van der Waals surface area contributed by atoms with Gasteiger partial charge < -0.3 is 24.8 Å². The van der Waals surface area contributed by atoms with Gasteiger partial charge in [0.15, 0.2) is 17.6 Å². The highest BCUT2D eigenvalue weighted by molar-refractivity contribution is 6.04. The highest BCUT2D eigenvalue weighted by atomic mass is 16.5. The van der Waals surface area contributed by atoms with Crippen LogP contribution in [0.2, 0.25) is 0 Å². The molecule has 0 unspecified atom stereocenters. The average Bonchev–Trinajstić information content (AvgIpc) is 2.93. The molecule has 3 aromatic rings. The third kappa shape index (κ3) is 6.61. The van der Waals surface area contributed by atoms with Gasteiger partial charge in [-0.15, -0.1) is 0 Å². The fourth-order valence-electron chi connectivity index (χ4n) is 4.52. The van der Waals surface area contributed by atoms with Crippen molar-refractivity contribution < 1.29 is 23.8 Å². The lowest BCUT2D eigenvalue weighted by atomic mass is 9.92. The van der Waals surface area contributed by atoms with E-state index in [0.29, 0.717) is 41.5 Å². The largest absolute Gasteiger partial charge is 0.493 e. The van der Waals surface area contributed by atoms with Gasteiger partial charge in [0.1, 0.15) is 5.75 Å². The van der Waals surface area contributed by atoms with E-state index < -0.39 is 6.10 Å². The molecule has 2 amide bonds. The Bertz CT molecular complexity index is 1260. The first kappa shape index (κ1) is 26.1. The molecule has 0 saturated carbocycles. The normalized spacial score (nSPS) is 13.2. The summed E-state index contributed by atoms with van der Waals surface area (Å²) in [4.78, 5) is 25.8. The molecular formula is C30H34N2O5. The molecule has 0 saturated heterocycles. The number of para-hydroxylation sites is 1. The number of hydrogen-bond acceptors (Lipinski definition) is 5. The SMILES string of the molecule is COc1ccc(CCNC(=O)c2ccccc2NC(=O)[C@H](C)Oc2ccc3c(c2)CCCC3)cc1OC. The summed E-state index contributed by atoms with van der Waals surface area (Å²) in [6.45, 7) is 2.13. The number of rotatable bonds is 10. The van der Waals surface area contributed by atoms with Gasteiger partial charge in [-0.05, 0) is 92.1 Å². The number of ether oxygens (including phenoxy) is 3. The second-order valence-corrected chi connectivity index (χ2v) is 9.13. The second kappa shape index (κ2) is 12.3. The zero-order chi connectivity index (χ0) is 26.2. The van der Waals surface area contributed by atoms with Crippen LogP contribution < -0.4 is 24.8 Å².